The third-order valence-electron chi connectivity index (χ3n) is 3.49. The van der Waals surface area contributed by atoms with Crippen LogP contribution in [0, 0.1) is 11.7 Å². The Morgan fingerprint density at radius 3 is 2.45 bits per heavy atom. The zero-order chi connectivity index (χ0) is 14.7. The van der Waals surface area contributed by atoms with E-state index < -0.39 is 0 Å². The molecule has 1 amide bonds. The molecule has 3 heteroatoms. The summed E-state index contributed by atoms with van der Waals surface area (Å²) in [6.07, 6.45) is 0.960. The van der Waals surface area contributed by atoms with Crippen LogP contribution < -0.4 is 0 Å². The van der Waals surface area contributed by atoms with Gasteiger partial charge in [0, 0.05) is 24.5 Å². The summed E-state index contributed by atoms with van der Waals surface area (Å²) in [6, 6.07) is 10.0. The minimum absolute atomic E-state index is 0.0538. The number of amides is 1. The van der Waals surface area contributed by atoms with Gasteiger partial charge in [0.1, 0.15) is 5.82 Å². The lowest BCUT2D eigenvalue weighted by Crippen LogP contribution is -2.28. The van der Waals surface area contributed by atoms with E-state index in [4.69, 9.17) is 0 Å². The van der Waals surface area contributed by atoms with E-state index in [1.165, 1.54) is 6.07 Å². The van der Waals surface area contributed by atoms with Crippen molar-refractivity contribution in [2.45, 2.75) is 20.3 Å². The number of carbonyl (C=O) groups is 1. The van der Waals surface area contributed by atoms with Crippen LogP contribution in [0.2, 0.25) is 0 Å². The van der Waals surface area contributed by atoms with Crippen LogP contribution in [0.15, 0.2) is 36.4 Å². The van der Waals surface area contributed by atoms with Crippen LogP contribution in [0.25, 0.3) is 10.8 Å². The third-order valence-corrected chi connectivity index (χ3v) is 3.49. The molecule has 0 spiro atoms. The van der Waals surface area contributed by atoms with Crippen LogP contribution in [0.1, 0.15) is 30.6 Å². The topological polar surface area (TPSA) is 20.3 Å². The highest BCUT2D eigenvalue weighted by atomic mass is 19.1. The van der Waals surface area contributed by atoms with Crippen molar-refractivity contribution < 1.29 is 9.18 Å². The summed E-state index contributed by atoms with van der Waals surface area (Å²) in [5.74, 6) is 0.207. The molecule has 2 aromatic carbocycles. The van der Waals surface area contributed by atoms with Crippen LogP contribution >= 0.6 is 0 Å². The SMILES string of the molecule is CC(C)CCN(C)C(=O)c1ccc(F)c2ccccc12. The summed E-state index contributed by atoms with van der Waals surface area (Å²) < 4.78 is 13.8. The van der Waals surface area contributed by atoms with Gasteiger partial charge >= 0.3 is 0 Å². The predicted molar refractivity (Wildman–Crippen MR) is 80.3 cm³/mol. The molecule has 106 valence electrons. The van der Waals surface area contributed by atoms with Gasteiger partial charge in [0.25, 0.3) is 5.91 Å². The molecule has 0 aromatic heterocycles. The van der Waals surface area contributed by atoms with Crippen molar-refractivity contribution in [3.8, 4) is 0 Å². The maximum Gasteiger partial charge on any atom is 0.254 e. The van der Waals surface area contributed by atoms with Gasteiger partial charge in [-0.1, -0.05) is 38.1 Å². The molecule has 0 aliphatic heterocycles. The molecule has 0 fully saturated rings. The molecule has 0 saturated heterocycles. The Hall–Kier alpha value is -1.90. The van der Waals surface area contributed by atoms with E-state index in [1.807, 2.05) is 6.07 Å². The molecular formula is C17H20FNO. The molecule has 2 aromatic rings. The molecule has 0 bridgehead atoms. The Morgan fingerprint density at radius 1 is 1.15 bits per heavy atom. The zero-order valence-electron chi connectivity index (χ0n) is 12.2. The summed E-state index contributed by atoms with van der Waals surface area (Å²) in [7, 11) is 1.79. The number of nitrogens with zero attached hydrogens (tertiary/aromatic N) is 1. The van der Waals surface area contributed by atoms with E-state index in [0.29, 0.717) is 28.8 Å². The molecule has 0 unspecified atom stereocenters. The molecule has 2 rings (SSSR count). The molecule has 0 aliphatic rings. The first kappa shape index (κ1) is 14.5. The number of hydrogen-bond acceptors (Lipinski definition) is 1. The van der Waals surface area contributed by atoms with Gasteiger partial charge in [-0.2, -0.15) is 0 Å². The number of carbonyl (C=O) groups excluding carboxylic acids is 1. The van der Waals surface area contributed by atoms with Crippen molar-refractivity contribution in [3.05, 3.63) is 47.8 Å². The molecule has 0 aliphatic carbocycles. The molecule has 20 heavy (non-hydrogen) atoms. The quantitative estimate of drug-likeness (QED) is 0.821. The highest BCUT2D eigenvalue weighted by Gasteiger charge is 2.16. The first-order chi connectivity index (χ1) is 9.50. The smallest absolute Gasteiger partial charge is 0.254 e. The van der Waals surface area contributed by atoms with Crippen LogP contribution in [-0.2, 0) is 0 Å². The van der Waals surface area contributed by atoms with E-state index in [2.05, 4.69) is 13.8 Å². The Kier molecular flexibility index (Phi) is 4.38. The van der Waals surface area contributed by atoms with Gasteiger partial charge in [-0.3, -0.25) is 4.79 Å². The Labute approximate surface area is 119 Å². The lowest BCUT2D eigenvalue weighted by molar-refractivity contribution is 0.0791. The molecule has 0 N–H and O–H groups in total. The van der Waals surface area contributed by atoms with E-state index in [0.717, 1.165) is 6.42 Å². The minimum atomic E-state index is -0.290. The fraction of sp³-hybridized carbons (Fsp3) is 0.353. The lowest BCUT2D eigenvalue weighted by Gasteiger charge is -2.19. The Bertz CT molecular complexity index is 621. The monoisotopic (exact) mass is 273 g/mol. The van der Waals surface area contributed by atoms with Crippen LogP contribution in [0.5, 0.6) is 0 Å². The van der Waals surface area contributed by atoms with Crippen molar-refractivity contribution in [2.24, 2.45) is 5.92 Å². The van der Waals surface area contributed by atoms with Crippen LogP contribution in [-0.4, -0.2) is 24.4 Å². The first-order valence-corrected chi connectivity index (χ1v) is 6.93. The summed E-state index contributed by atoms with van der Waals surface area (Å²) in [5, 5.41) is 1.17. The number of hydrogen-bond donors (Lipinski definition) is 0. The summed E-state index contributed by atoms with van der Waals surface area (Å²) in [6.45, 7) is 4.97. The molecular weight excluding hydrogens is 253 g/mol. The maximum atomic E-state index is 13.8. The minimum Gasteiger partial charge on any atom is -0.342 e. The van der Waals surface area contributed by atoms with Crippen molar-refractivity contribution in [2.75, 3.05) is 13.6 Å². The molecule has 0 saturated carbocycles. The summed E-state index contributed by atoms with van der Waals surface area (Å²) >= 11 is 0. The number of benzene rings is 2. The predicted octanol–water partition coefficient (Wildman–Crippen LogP) is 4.10. The second-order valence-corrected chi connectivity index (χ2v) is 5.55. The van der Waals surface area contributed by atoms with Crippen LogP contribution in [0.3, 0.4) is 0 Å². The van der Waals surface area contributed by atoms with Crippen LogP contribution in [0.4, 0.5) is 4.39 Å². The van der Waals surface area contributed by atoms with E-state index >= 15 is 0 Å². The van der Waals surface area contributed by atoms with Gasteiger partial charge in [0.2, 0.25) is 0 Å². The standard InChI is InChI=1S/C17H20FNO/c1-12(2)10-11-19(3)17(20)15-8-9-16(18)14-7-5-4-6-13(14)15/h4-9,12H,10-11H2,1-3H3. The first-order valence-electron chi connectivity index (χ1n) is 6.93. The van der Waals surface area contributed by atoms with E-state index in [9.17, 15) is 9.18 Å². The molecule has 2 nitrogen and oxygen atoms in total. The highest BCUT2D eigenvalue weighted by molar-refractivity contribution is 6.07. The van der Waals surface area contributed by atoms with Crippen molar-refractivity contribution in [1.29, 1.82) is 0 Å². The molecule has 0 atom stereocenters. The number of rotatable bonds is 4. The fourth-order valence-electron chi connectivity index (χ4n) is 2.21. The van der Waals surface area contributed by atoms with Gasteiger partial charge < -0.3 is 4.90 Å². The van der Waals surface area contributed by atoms with Crippen molar-refractivity contribution in [3.63, 3.8) is 0 Å². The fourth-order valence-corrected chi connectivity index (χ4v) is 2.21. The van der Waals surface area contributed by atoms with Gasteiger partial charge in [-0.25, -0.2) is 4.39 Å². The van der Waals surface area contributed by atoms with Gasteiger partial charge in [-0.05, 0) is 29.9 Å². The zero-order valence-corrected chi connectivity index (χ0v) is 12.2. The van der Waals surface area contributed by atoms with Crippen molar-refractivity contribution in [1.82, 2.24) is 4.90 Å². The molecule has 0 radical (unpaired) electrons. The van der Waals surface area contributed by atoms with E-state index in [-0.39, 0.29) is 11.7 Å². The lowest BCUT2D eigenvalue weighted by atomic mass is 10.0. The van der Waals surface area contributed by atoms with Crippen molar-refractivity contribution >= 4 is 16.7 Å². The average Bonchev–Trinajstić information content (AvgIpc) is 2.44. The highest BCUT2D eigenvalue weighted by Crippen LogP contribution is 2.23. The summed E-state index contributed by atoms with van der Waals surface area (Å²) in [4.78, 5) is 14.2. The summed E-state index contributed by atoms with van der Waals surface area (Å²) in [5.41, 5.74) is 0.563. The second kappa shape index (κ2) is 6.04. The van der Waals surface area contributed by atoms with Gasteiger partial charge in [0.15, 0.2) is 0 Å². The third kappa shape index (κ3) is 2.98. The molecule has 0 heterocycles. The van der Waals surface area contributed by atoms with Gasteiger partial charge in [0.05, 0.1) is 0 Å². The average molecular weight is 273 g/mol. The Balaban J connectivity index is 2.33. The number of fused-ring (bicyclic) bond motifs is 1. The van der Waals surface area contributed by atoms with E-state index in [1.54, 1.807) is 36.2 Å². The van der Waals surface area contributed by atoms with Gasteiger partial charge in [-0.15, -0.1) is 0 Å². The second-order valence-electron chi connectivity index (χ2n) is 5.55. The Morgan fingerprint density at radius 2 is 1.80 bits per heavy atom. The normalized spacial score (nSPS) is 11.1. The maximum absolute atomic E-state index is 13.8. The largest absolute Gasteiger partial charge is 0.342 e. The number of halogens is 1.